The second kappa shape index (κ2) is 7.60. The first-order chi connectivity index (χ1) is 11.6. The fraction of sp³-hybridized carbons (Fsp3) is 0.105. The fourth-order valence-electron chi connectivity index (χ4n) is 2.25. The lowest BCUT2D eigenvalue weighted by Gasteiger charge is -2.11. The molecule has 2 aromatic carbocycles. The average molecular weight is 357 g/mol. The number of hydrogen-bond donors (Lipinski definition) is 2. The Bertz CT molecular complexity index is 837. The quantitative estimate of drug-likeness (QED) is 0.572. The normalized spacial score (nSPS) is 10.5. The molecule has 24 heavy (non-hydrogen) atoms. The summed E-state index contributed by atoms with van der Waals surface area (Å²) in [6, 6.07) is 19.1. The van der Waals surface area contributed by atoms with E-state index in [0.717, 1.165) is 21.8 Å². The van der Waals surface area contributed by atoms with Crippen LogP contribution in [0.15, 0.2) is 65.6 Å². The standard InChI is InChI=1S/C19H17ClN2OS/c1-13-10-18(21-12-14-4-2-3-5-17(14)24)22-19(11-13)23-16-8-6-15(20)7-9-16/h2-11,24H,12H2,1H3,(H,21,22). The zero-order valence-corrected chi connectivity index (χ0v) is 14.8. The highest BCUT2D eigenvalue weighted by Gasteiger charge is 2.04. The van der Waals surface area contributed by atoms with Crippen LogP contribution in [0, 0.1) is 6.92 Å². The molecule has 0 spiro atoms. The highest BCUT2D eigenvalue weighted by Crippen LogP contribution is 2.24. The number of aryl methyl sites for hydroxylation is 1. The average Bonchev–Trinajstić information content (AvgIpc) is 2.56. The van der Waals surface area contributed by atoms with Crippen LogP contribution in [0.3, 0.4) is 0 Å². The third-order valence-corrected chi connectivity index (χ3v) is 4.12. The number of hydrogen-bond acceptors (Lipinski definition) is 4. The number of nitrogens with one attached hydrogen (secondary N) is 1. The van der Waals surface area contributed by atoms with Gasteiger partial charge >= 0.3 is 0 Å². The van der Waals surface area contributed by atoms with Gasteiger partial charge in [0.15, 0.2) is 0 Å². The van der Waals surface area contributed by atoms with Crippen molar-refractivity contribution in [3.63, 3.8) is 0 Å². The summed E-state index contributed by atoms with van der Waals surface area (Å²) in [6.07, 6.45) is 0. The first-order valence-electron chi connectivity index (χ1n) is 7.53. The van der Waals surface area contributed by atoms with E-state index in [1.165, 1.54) is 0 Å². The summed E-state index contributed by atoms with van der Waals surface area (Å²) in [5.74, 6) is 2.00. The Morgan fingerprint density at radius 1 is 1.08 bits per heavy atom. The van der Waals surface area contributed by atoms with Gasteiger partial charge in [0.2, 0.25) is 5.88 Å². The molecule has 0 radical (unpaired) electrons. The van der Waals surface area contributed by atoms with E-state index in [1.807, 2.05) is 55.5 Å². The van der Waals surface area contributed by atoms with Crippen LogP contribution >= 0.6 is 24.2 Å². The maximum Gasteiger partial charge on any atom is 0.221 e. The lowest BCUT2D eigenvalue weighted by atomic mass is 10.2. The SMILES string of the molecule is Cc1cc(NCc2ccccc2S)nc(Oc2ccc(Cl)cc2)c1. The maximum atomic E-state index is 5.89. The van der Waals surface area contributed by atoms with E-state index in [1.54, 1.807) is 12.1 Å². The number of pyridine rings is 1. The minimum Gasteiger partial charge on any atom is -0.439 e. The molecule has 3 aromatic rings. The number of ether oxygens (including phenoxy) is 1. The molecule has 0 bridgehead atoms. The second-order valence-corrected chi connectivity index (χ2v) is 6.32. The Morgan fingerprint density at radius 3 is 2.58 bits per heavy atom. The van der Waals surface area contributed by atoms with Gasteiger partial charge in [-0.25, -0.2) is 0 Å². The largest absolute Gasteiger partial charge is 0.439 e. The Balaban J connectivity index is 1.74. The summed E-state index contributed by atoms with van der Waals surface area (Å²) in [5.41, 5.74) is 2.18. The minimum atomic E-state index is 0.541. The lowest BCUT2D eigenvalue weighted by Crippen LogP contribution is -2.03. The van der Waals surface area contributed by atoms with Crippen molar-refractivity contribution in [3.05, 3.63) is 76.8 Å². The lowest BCUT2D eigenvalue weighted by molar-refractivity contribution is 0.463. The number of anilines is 1. The van der Waals surface area contributed by atoms with Crippen LogP contribution in [0.1, 0.15) is 11.1 Å². The Labute approximate surface area is 152 Å². The van der Waals surface area contributed by atoms with E-state index in [0.29, 0.717) is 23.2 Å². The molecular formula is C19H17ClN2OS. The molecule has 0 amide bonds. The van der Waals surface area contributed by atoms with E-state index in [9.17, 15) is 0 Å². The molecule has 0 fully saturated rings. The monoisotopic (exact) mass is 356 g/mol. The molecule has 0 saturated heterocycles. The molecule has 5 heteroatoms. The fourth-order valence-corrected chi connectivity index (χ4v) is 2.61. The molecule has 3 nitrogen and oxygen atoms in total. The van der Waals surface area contributed by atoms with Crippen molar-refractivity contribution in [2.45, 2.75) is 18.4 Å². The number of aromatic nitrogens is 1. The first kappa shape index (κ1) is 16.7. The molecule has 3 rings (SSSR count). The summed E-state index contributed by atoms with van der Waals surface area (Å²) in [5, 5.41) is 3.99. The van der Waals surface area contributed by atoms with Crippen LogP contribution in [0.4, 0.5) is 5.82 Å². The molecule has 0 aliphatic carbocycles. The van der Waals surface area contributed by atoms with Gasteiger partial charge in [-0.1, -0.05) is 29.8 Å². The van der Waals surface area contributed by atoms with Gasteiger partial charge in [-0.3, -0.25) is 0 Å². The van der Waals surface area contributed by atoms with Crippen molar-refractivity contribution in [2.24, 2.45) is 0 Å². The van der Waals surface area contributed by atoms with Gasteiger partial charge in [0.25, 0.3) is 0 Å². The van der Waals surface area contributed by atoms with Gasteiger partial charge in [-0.2, -0.15) is 4.98 Å². The Morgan fingerprint density at radius 2 is 1.83 bits per heavy atom. The van der Waals surface area contributed by atoms with E-state index in [2.05, 4.69) is 22.9 Å². The molecule has 0 aliphatic rings. The zero-order chi connectivity index (χ0) is 16.9. The molecular weight excluding hydrogens is 340 g/mol. The number of benzene rings is 2. The maximum absolute atomic E-state index is 5.89. The van der Waals surface area contributed by atoms with Gasteiger partial charge in [0.1, 0.15) is 11.6 Å². The molecule has 1 heterocycles. The summed E-state index contributed by atoms with van der Waals surface area (Å²) < 4.78 is 5.81. The van der Waals surface area contributed by atoms with Gasteiger partial charge in [0, 0.05) is 22.5 Å². The molecule has 1 N–H and O–H groups in total. The van der Waals surface area contributed by atoms with Gasteiger partial charge in [0.05, 0.1) is 0 Å². The molecule has 0 saturated carbocycles. The summed E-state index contributed by atoms with van der Waals surface area (Å²) in [4.78, 5) is 5.46. The smallest absolute Gasteiger partial charge is 0.221 e. The van der Waals surface area contributed by atoms with Crippen LogP contribution in [-0.4, -0.2) is 4.98 Å². The Hall–Kier alpha value is -2.17. The summed E-state index contributed by atoms with van der Waals surface area (Å²) in [6.45, 7) is 2.66. The van der Waals surface area contributed by atoms with E-state index in [-0.39, 0.29) is 0 Å². The molecule has 122 valence electrons. The number of rotatable bonds is 5. The van der Waals surface area contributed by atoms with Crippen LogP contribution in [0.25, 0.3) is 0 Å². The van der Waals surface area contributed by atoms with E-state index >= 15 is 0 Å². The third kappa shape index (κ3) is 4.43. The van der Waals surface area contributed by atoms with Crippen molar-refractivity contribution in [3.8, 4) is 11.6 Å². The van der Waals surface area contributed by atoms with E-state index < -0.39 is 0 Å². The van der Waals surface area contributed by atoms with Crippen molar-refractivity contribution < 1.29 is 4.74 Å². The predicted molar refractivity (Wildman–Crippen MR) is 102 cm³/mol. The molecule has 0 unspecified atom stereocenters. The predicted octanol–water partition coefficient (Wildman–Crippen LogP) is 5.74. The van der Waals surface area contributed by atoms with Crippen LogP contribution in [0.2, 0.25) is 5.02 Å². The van der Waals surface area contributed by atoms with Crippen LogP contribution < -0.4 is 10.1 Å². The highest BCUT2D eigenvalue weighted by atomic mass is 35.5. The molecule has 0 aliphatic heterocycles. The van der Waals surface area contributed by atoms with Gasteiger partial charge < -0.3 is 10.1 Å². The van der Waals surface area contributed by atoms with Crippen LogP contribution in [0.5, 0.6) is 11.6 Å². The topological polar surface area (TPSA) is 34.2 Å². The number of halogens is 1. The van der Waals surface area contributed by atoms with Crippen molar-refractivity contribution >= 4 is 30.0 Å². The van der Waals surface area contributed by atoms with Crippen molar-refractivity contribution in [2.75, 3.05) is 5.32 Å². The van der Waals surface area contributed by atoms with Crippen molar-refractivity contribution in [1.29, 1.82) is 0 Å². The highest BCUT2D eigenvalue weighted by molar-refractivity contribution is 7.80. The summed E-state index contributed by atoms with van der Waals surface area (Å²) >= 11 is 10.4. The first-order valence-corrected chi connectivity index (χ1v) is 8.35. The van der Waals surface area contributed by atoms with Crippen molar-refractivity contribution in [1.82, 2.24) is 4.98 Å². The Kier molecular flexibility index (Phi) is 5.28. The minimum absolute atomic E-state index is 0.541. The number of thiol groups is 1. The molecule has 0 atom stereocenters. The summed E-state index contributed by atoms with van der Waals surface area (Å²) in [7, 11) is 0. The van der Waals surface area contributed by atoms with E-state index in [4.69, 9.17) is 16.3 Å². The van der Waals surface area contributed by atoms with Gasteiger partial charge in [-0.05, 0) is 54.4 Å². The second-order valence-electron chi connectivity index (χ2n) is 5.41. The number of nitrogens with zero attached hydrogens (tertiary/aromatic N) is 1. The third-order valence-electron chi connectivity index (χ3n) is 3.43. The van der Waals surface area contributed by atoms with Crippen LogP contribution in [-0.2, 0) is 6.54 Å². The molecule has 1 aromatic heterocycles. The van der Waals surface area contributed by atoms with Gasteiger partial charge in [-0.15, -0.1) is 12.6 Å². The zero-order valence-electron chi connectivity index (χ0n) is 13.2.